The Morgan fingerprint density at radius 2 is 1.05 bits per heavy atom. The third kappa shape index (κ3) is 6.92. The Morgan fingerprint density at radius 3 is 1.50 bits per heavy atom. The van der Waals surface area contributed by atoms with E-state index in [1.54, 1.807) is 0 Å². The molecule has 1 aliphatic heterocycles. The number of fused-ring (bicyclic) bond motifs is 1. The van der Waals surface area contributed by atoms with Gasteiger partial charge in [0, 0.05) is 24.5 Å². The summed E-state index contributed by atoms with van der Waals surface area (Å²) in [4.78, 5) is 4.81. The zero-order valence-electron chi connectivity index (χ0n) is 25.3. The molecule has 1 fully saturated rings. The molecule has 4 aromatic carbocycles. The number of benzene rings is 4. The Morgan fingerprint density at radius 1 is 0.619 bits per heavy atom. The molecule has 6 rings (SSSR count). The molecule has 1 unspecified atom stereocenters. The predicted octanol–water partition coefficient (Wildman–Crippen LogP) is 9.62. The number of halogens is 2. The van der Waals surface area contributed by atoms with E-state index in [0.29, 0.717) is 0 Å². The fourth-order valence-electron chi connectivity index (χ4n) is 6.26. The van der Waals surface area contributed by atoms with Crippen molar-refractivity contribution < 1.29 is 13.5 Å². The Hall–Kier alpha value is -2.28. The number of nitrogens with zero attached hydrogens (tertiary/aromatic N) is 2. The summed E-state index contributed by atoms with van der Waals surface area (Å²) in [5.41, 5.74) is 15.7. The van der Waals surface area contributed by atoms with Crippen LogP contribution < -0.4 is 9.80 Å². The Balaban J connectivity index is 0.000000193. The van der Waals surface area contributed by atoms with Crippen LogP contribution in [0.25, 0.3) is 5.57 Å². The van der Waals surface area contributed by atoms with Crippen molar-refractivity contribution in [2.24, 2.45) is 0 Å². The quantitative estimate of drug-likeness (QED) is 0.119. The number of hydrogen-bond donors (Lipinski definition) is 0. The van der Waals surface area contributed by atoms with Gasteiger partial charge in [-0.25, -0.2) is 0 Å². The van der Waals surface area contributed by atoms with Crippen LogP contribution in [0.5, 0.6) is 0 Å². The molecule has 1 atom stereocenters. The van der Waals surface area contributed by atoms with Gasteiger partial charge in [0.2, 0.25) is 0 Å². The third-order valence-corrected chi connectivity index (χ3v) is 10.8. The molecule has 0 aromatic heterocycles. The number of anilines is 2. The molecule has 42 heavy (non-hydrogen) atoms. The molecule has 4 aromatic rings. The summed E-state index contributed by atoms with van der Waals surface area (Å²) in [6.07, 6.45) is 2.15. The van der Waals surface area contributed by atoms with Gasteiger partial charge in [-0.3, -0.25) is 0 Å². The van der Waals surface area contributed by atoms with Crippen LogP contribution in [0.2, 0.25) is 0 Å². The van der Waals surface area contributed by atoms with Crippen LogP contribution in [0.15, 0.2) is 84.9 Å². The minimum absolute atomic E-state index is 0. The molecule has 0 bridgehead atoms. The fourth-order valence-corrected chi connectivity index (χ4v) is 8.74. The number of rotatable bonds is 3. The van der Waals surface area contributed by atoms with Gasteiger partial charge in [-0.2, -0.15) is 16.6 Å². The maximum atomic E-state index is 6.19. The van der Waals surface area contributed by atoms with Crippen molar-refractivity contribution in [1.29, 1.82) is 0 Å². The summed E-state index contributed by atoms with van der Waals surface area (Å²) in [7, 11) is 12.4. The van der Waals surface area contributed by atoms with Crippen LogP contribution in [0, 0.1) is 48.2 Å². The van der Waals surface area contributed by atoms with Crippen LogP contribution in [-0.2, 0) is 13.5 Å². The second-order valence-corrected chi connectivity index (χ2v) is 16.8. The summed E-state index contributed by atoms with van der Waals surface area (Å²) in [5.74, 6) is 0. The van der Waals surface area contributed by atoms with Crippen molar-refractivity contribution in [3.63, 3.8) is 0 Å². The molecule has 2 nitrogen and oxygen atoms in total. The SMILES string of the molecule is Cc1cc(C)c(N2[CH-]N(c3c(C)cc(C)cc3C)CC2)c(C)c1.P.[Cl][Ru]([Cl])=[C]1C=C(c2ccccc2)c2ccccc21. The fraction of sp³-hybridized carbons (Fsp3) is 0.222. The van der Waals surface area contributed by atoms with E-state index in [-0.39, 0.29) is 9.90 Å². The maximum absolute atomic E-state index is 6.19. The van der Waals surface area contributed by atoms with Gasteiger partial charge in [0.05, 0.1) is 0 Å². The second kappa shape index (κ2) is 14.0. The standard InChI is InChI=1S/C21H27N2.C15H10.2ClH.H3P.Ru/c1-14-9-16(3)20(17(4)10-14)22-7-8-23(13-22)21-18(5)11-15(2)12-19(21)6;1-2-6-12(7-3-1)15-11-10-13-8-4-5-9-14(13)15;;;;/h9-13H,7-8H2,1-6H3;1-9,11H;2*1H;1H3;/q-1;;;;;+2/p-2. The van der Waals surface area contributed by atoms with Gasteiger partial charge in [0.25, 0.3) is 0 Å². The predicted molar refractivity (Wildman–Crippen MR) is 187 cm³/mol. The normalized spacial score (nSPS) is 14.1. The van der Waals surface area contributed by atoms with E-state index in [0.717, 1.165) is 17.2 Å². The topological polar surface area (TPSA) is 6.48 Å². The average molecular weight is 704 g/mol. The molecule has 1 heterocycles. The van der Waals surface area contributed by atoms with E-state index < -0.39 is 13.5 Å². The molecular formula is C36H40Cl2N2PRu-. The first-order valence-corrected chi connectivity index (χ1v) is 19.3. The van der Waals surface area contributed by atoms with E-state index >= 15 is 0 Å². The van der Waals surface area contributed by atoms with E-state index in [1.165, 1.54) is 67.0 Å². The first kappa shape index (κ1) is 32.6. The van der Waals surface area contributed by atoms with Crippen LogP contribution in [0.1, 0.15) is 50.1 Å². The summed E-state index contributed by atoms with van der Waals surface area (Å²) in [6.45, 7) is 17.6. The molecule has 1 saturated heterocycles. The average Bonchev–Trinajstić information content (AvgIpc) is 3.54. The van der Waals surface area contributed by atoms with Gasteiger partial charge in [0.1, 0.15) is 0 Å². The van der Waals surface area contributed by atoms with Crippen LogP contribution in [-0.4, -0.2) is 17.2 Å². The van der Waals surface area contributed by atoms with E-state index in [4.69, 9.17) is 19.4 Å². The molecular weight excluding hydrogens is 663 g/mol. The zero-order valence-corrected chi connectivity index (χ0v) is 29.9. The van der Waals surface area contributed by atoms with Gasteiger partial charge >= 0.3 is 120 Å². The van der Waals surface area contributed by atoms with Gasteiger partial charge in [-0.1, -0.05) is 35.4 Å². The first-order chi connectivity index (χ1) is 19.6. The van der Waals surface area contributed by atoms with Crippen LogP contribution in [0.3, 0.4) is 0 Å². The summed E-state index contributed by atoms with van der Waals surface area (Å²) >= 11 is -1.88. The first-order valence-electron chi connectivity index (χ1n) is 13.9. The second-order valence-electron chi connectivity index (χ2n) is 11.0. The molecule has 0 saturated carbocycles. The number of hydrogen-bond acceptors (Lipinski definition) is 2. The molecule has 1 aliphatic carbocycles. The van der Waals surface area contributed by atoms with Crippen molar-refractivity contribution in [3.05, 3.63) is 142 Å². The molecule has 0 N–H and O–H groups in total. The molecule has 6 heteroatoms. The van der Waals surface area contributed by atoms with Gasteiger partial charge in [-0.05, 0) is 63.8 Å². The van der Waals surface area contributed by atoms with E-state index in [9.17, 15) is 0 Å². The third-order valence-electron chi connectivity index (χ3n) is 7.67. The van der Waals surface area contributed by atoms with Gasteiger partial charge < -0.3 is 9.80 Å². The monoisotopic (exact) mass is 703 g/mol. The van der Waals surface area contributed by atoms with Crippen molar-refractivity contribution in [2.45, 2.75) is 41.5 Å². The summed E-state index contributed by atoms with van der Waals surface area (Å²) < 4.78 is 1.12. The molecule has 0 radical (unpaired) electrons. The minimum atomic E-state index is -1.88. The zero-order chi connectivity index (χ0) is 29.3. The molecule has 222 valence electrons. The van der Waals surface area contributed by atoms with Gasteiger partial charge in [-0.15, -0.1) is 0 Å². The van der Waals surface area contributed by atoms with Crippen molar-refractivity contribution in [1.82, 2.24) is 0 Å². The van der Waals surface area contributed by atoms with Crippen LogP contribution >= 0.6 is 29.3 Å². The molecule has 0 spiro atoms. The Bertz CT molecular complexity index is 1550. The van der Waals surface area contributed by atoms with Crippen molar-refractivity contribution in [2.75, 3.05) is 22.9 Å². The van der Waals surface area contributed by atoms with Gasteiger partial charge in [0.15, 0.2) is 0 Å². The Labute approximate surface area is 268 Å². The van der Waals surface area contributed by atoms with E-state index in [1.807, 2.05) is 24.3 Å². The number of allylic oxidation sites excluding steroid dienone is 1. The summed E-state index contributed by atoms with van der Waals surface area (Å²) in [6, 6.07) is 27.8. The van der Waals surface area contributed by atoms with Crippen LogP contribution in [0.4, 0.5) is 11.4 Å². The Kier molecular flexibility index (Phi) is 10.9. The molecule has 2 aliphatic rings. The number of aryl methyl sites for hydroxylation is 6. The van der Waals surface area contributed by atoms with E-state index in [2.05, 4.69) is 119 Å². The summed E-state index contributed by atoms with van der Waals surface area (Å²) in [5, 5.41) is 0. The van der Waals surface area contributed by atoms with Crippen molar-refractivity contribution >= 4 is 50.3 Å². The van der Waals surface area contributed by atoms with Crippen molar-refractivity contribution in [3.8, 4) is 0 Å². The molecule has 0 amide bonds.